The molecule has 7 heteroatoms. The van der Waals surface area contributed by atoms with E-state index in [9.17, 15) is 18.7 Å². The smallest absolute Gasteiger partial charge is 0.160 e. The fourth-order valence-electron chi connectivity index (χ4n) is 3.66. The van der Waals surface area contributed by atoms with Gasteiger partial charge in [-0.15, -0.1) is 17.9 Å². The molecule has 1 aromatic heterocycles. The summed E-state index contributed by atoms with van der Waals surface area (Å²) < 4.78 is 27.1. The van der Waals surface area contributed by atoms with E-state index in [0.29, 0.717) is 17.0 Å². The Morgan fingerprint density at radius 3 is 2.50 bits per heavy atom. The van der Waals surface area contributed by atoms with Crippen LogP contribution in [0.3, 0.4) is 0 Å². The Kier molecular flexibility index (Phi) is 8.04. The van der Waals surface area contributed by atoms with Crippen molar-refractivity contribution in [3.63, 3.8) is 0 Å². The average molecular weight is 457 g/mol. The van der Waals surface area contributed by atoms with E-state index in [0.717, 1.165) is 29.0 Å². The predicted molar refractivity (Wildman–Crippen MR) is 125 cm³/mol. The highest BCUT2D eigenvalue weighted by Crippen LogP contribution is 2.25. The van der Waals surface area contributed by atoms with Gasteiger partial charge in [0.25, 0.3) is 0 Å². The number of halogens is 2. The Bertz CT molecular complexity index is 1070. The quantitative estimate of drug-likeness (QED) is 0.297. The molecule has 1 heterocycles. The summed E-state index contributed by atoms with van der Waals surface area (Å²) in [6.07, 6.45) is 2.51. The van der Waals surface area contributed by atoms with Crippen LogP contribution in [0.25, 0.3) is 11.1 Å². The van der Waals surface area contributed by atoms with Crippen LogP contribution < -0.4 is 10.6 Å². The molecule has 4 nitrogen and oxygen atoms in total. The summed E-state index contributed by atoms with van der Waals surface area (Å²) in [6.45, 7) is 4.45. The molecule has 0 spiro atoms. The zero-order chi connectivity index (χ0) is 23.1. The van der Waals surface area contributed by atoms with Crippen molar-refractivity contribution in [2.75, 3.05) is 13.6 Å². The highest BCUT2D eigenvalue weighted by Gasteiger charge is 2.32. The van der Waals surface area contributed by atoms with Crippen molar-refractivity contribution in [2.24, 2.45) is 0 Å². The Morgan fingerprint density at radius 2 is 1.88 bits per heavy atom. The minimum absolute atomic E-state index is 0.192. The number of hydrogen-bond donors (Lipinski definition) is 3. The van der Waals surface area contributed by atoms with Gasteiger partial charge in [-0.3, -0.25) is 4.79 Å². The van der Waals surface area contributed by atoms with Crippen molar-refractivity contribution in [2.45, 2.75) is 24.6 Å². The third-order valence-electron chi connectivity index (χ3n) is 5.40. The standard InChI is InChI=1S/C25H26F2N2O2S/c1-3-25(31,24(28-2)10-18-8-21(26)12-22(27)9-18)16-29-13-17-5-4-6-19(7-17)20-11-23(14-30)32-15-20/h3-9,11-12,14-15,24,28-29,31H,1,10,13,16H2,2H3/t24-,25+/m0/s1. The lowest BCUT2D eigenvalue weighted by Crippen LogP contribution is -2.55. The summed E-state index contributed by atoms with van der Waals surface area (Å²) in [6, 6.07) is 12.6. The molecule has 0 aliphatic heterocycles. The molecular formula is C25H26F2N2O2S. The number of carbonyl (C=O) groups excluding carboxylic acids is 1. The van der Waals surface area contributed by atoms with Crippen molar-refractivity contribution >= 4 is 17.6 Å². The summed E-state index contributed by atoms with van der Waals surface area (Å²) in [5.41, 5.74) is 2.11. The predicted octanol–water partition coefficient (Wildman–Crippen LogP) is 4.34. The average Bonchev–Trinajstić information content (AvgIpc) is 3.26. The molecule has 2 atom stereocenters. The van der Waals surface area contributed by atoms with Gasteiger partial charge >= 0.3 is 0 Å². The van der Waals surface area contributed by atoms with Gasteiger partial charge in [0.15, 0.2) is 6.29 Å². The van der Waals surface area contributed by atoms with Gasteiger partial charge in [0.2, 0.25) is 0 Å². The normalized spacial score (nSPS) is 14.0. The van der Waals surface area contributed by atoms with Gasteiger partial charge in [-0.1, -0.05) is 24.3 Å². The lowest BCUT2D eigenvalue weighted by molar-refractivity contribution is 0.0508. The van der Waals surface area contributed by atoms with Crippen LogP contribution in [0.1, 0.15) is 20.8 Å². The molecule has 0 saturated heterocycles. The molecule has 3 aromatic rings. The van der Waals surface area contributed by atoms with Crippen LogP contribution in [-0.4, -0.2) is 36.6 Å². The van der Waals surface area contributed by atoms with Crippen LogP contribution in [0.2, 0.25) is 0 Å². The lowest BCUT2D eigenvalue weighted by atomic mass is 9.88. The zero-order valence-corrected chi connectivity index (χ0v) is 18.6. The third-order valence-corrected chi connectivity index (χ3v) is 6.26. The Morgan fingerprint density at radius 1 is 1.12 bits per heavy atom. The summed E-state index contributed by atoms with van der Waals surface area (Å²) in [5.74, 6) is -1.30. The first kappa shape index (κ1) is 23.9. The van der Waals surface area contributed by atoms with E-state index in [-0.39, 0.29) is 13.0 Å². The summed E-state index contributed by atoms with van der Waals surface area (Å²) in [7, 11) is 1.69. The van der Waals surface area contributed by atoms with Gasteiger partial charge in [0.05, 0.1) is 4.88 Å². The first-order chi connectivity index (χ1) is 15.4. The monoisotopic (exact) mass is 456 g/mol. The van der Waals surface area contributed by atoms with Crippen LogP contribution >= 0.6 is 11.3 Å². The first-order valence-electron chi connectivity index (χ1n) is 10.2. The molecule has 0 radical (unpaired) electrons. The van der Waals surface area contributed by atoms with E-state index in [2.05, 4.69) is 17.2 Å². The van der Waals surface area contributed by atoms with Crippen LogP contribution in [0.5, 0.6) is 0 Å². The molecule has 32 heavy (non-hydrogen) atoms. The number of aliphatic hydroxyl groups is 1. The van der Waals surface area contributed by atoms with Crippen molar-refractivity contribution in [1.82, 2.24) is 10.6 Å². The number of aldehydes is 1. The first-order valence-corrected chi connectivity index (χ1v) is 11.1. The van der Waals surface area contributed by atoms with Crippen LogP contribution in [-0.2, 0) is 13.0 Å². The van der Waals surface area contributed by atoms with Gasteiger partial charge in [-0.2, -0.15) is 0 Å². The van der Waals surface area contributed by atoms with Gasteiger partial charge in [-0.05, 0) is 65.4 Å². The number of benzene rings is 2. The van der Waals surface area contributed by atoms with Gasteiger partial charge in [0.1, 0.15) is 17.2 Å². The molecule has 0 aliphatic carbocycles. The molecule has 2 aromatic carbocycles. The molecular weight excluding hydrogens is 430 g/mol. The van der Waals surface area contributed by atoms with E-state index >= 15 is 0 Å². The zero-order valence-electron chi connectivity index (χ0n) is 17.8. The second-order valence-electron chi connectivity index (χ2n) is 7.68. The number of hydrogen-bond acceptors (Lipinski definition) is 5. The second kappa shape index (κ2) is 10.7. The largest absolute Gasteiger partial charge is 0.383 e. The number of carbonyl (C=O) groups is 1. The minimum atomic E-state index is -1.35. The summed E-state index contributed by atoms with van der Waals surface area (Å²) in [5, 5.41) is 19.4. The Balaban J connectivity index is 1.66. The molecule has 3 rings (SSSR count). The third kappa shape index (κ3) is 5.95. The molecule has 0 fully saturated rings. The second-order valence-corrected chi connectivity index (χ2v) is 8.62. The number of likely N-dealkylation sites (N-methyl/N-ethyl adjacent to an activating group) is 1. The fraction of sp³-hybridized carbons (Fsp3) is 0.240. The highest BCUT2D eigenvalue weighted by molar-refractivity contribution is 7.12. The molecule has 168 valence electrons. The molecule has 0 amide bonds. The van der Waals surface area contributed by atoms with Crippen molar-refractivity contribution < 1.29 is 18.7 Å². The minimum Gasteiger partial charge on any atom is -0.383 e. The van der Waals surface area contributed by atoms with Gasteiger partial charge in [-0.25, -0.2) is 8.78 Å². The molecule has 0 saturated carbocycles. The lowest BCUT2D eigenvalue weighted by Gasteiger charge is -2.34. The van der Waals surface area contributed by atoms with E-state index in [4.69, 9.17) is 0 Å². The topological polar surface area (TPSA) is 61.4 Å². The number of thiophene rings is 1. The molecule has 3 N–H and O–H groups in total. The fourth-order valence-corrected chi connectivity index (χ4v) is 4.38. The van der Waals surface area contributed by atoms with Crippen molar-refractivity contribution in [3.05, 3.63) is 94.2 Å². The number of rotatable bonds is 11. The molecule has 0 bridgehead atoms. The van der Waals surface area contributed by atoms with Gasteiger partial charge in [0, 0.05) is 25.2 Å². The van der Waals surface area contributed by atoms with Crippen LogP contribution in [0.15, 0.2) is 66.6 Å². The van der Waals surface area contributed by atoms with Crippen molar-refractivity contribution in [3.8, 4) is 11.1 Å². The SMILES string of the molecule is C=C[C@@](O)(CNCc1cccc(-c2csc(C=O)c2)c1)[C@H](Cc1cc(F)cc(F)c1)NC. The van der Waals surface area contributed by atoms with E-state index in [1.165, 1.54) is 29.5 Å². The maximum Gasteiger partial charge on any atom is 0.160 e. The summed E-state index contributed by atoms with van der Waals surface area (Å²) >= 11 is 1.40. The van der Waals surface area contributed by atoms with E-state index < -0.39 is 23.3 Å². The van der Waals surface area contributed by atoms with Crippen molar-refractivity contribution in [1.29, 1.82) is 0 Å². The maximum absolute atomic E-state index is 13.6. The summed E-state index contributed by atoms with van der Waals surface area (Å²) in [4.78, 5) is 11.6. The Labute approximate surface area is 190 Å². The van der Waals surface area contributed by atoms with Gasteiger partial charge < -0.3 is 15.7 Å². The van der Waals surface area contributed by atoms with Crippen LogP contribution in [0, 0.1) is 11.6 Å². The molecule has 0 unspecified atom stereocenters. The van der Waals surface area contributed by atoms with E-state index in [1.807, 2.05) is 35.7 Å². The van der Waals surface area contributed by atoms with E-state index in [1.54, 1.807) is 7.05 Å². The Hall–Kier alpha value is -2.71. The highest BCUT2D eigenvalue weighted by atomic mass is 32.1. The molecule has 0 aliphatic rings. The van der Waals surface area contributed by atoms with Crippen LogP contribution in [0.4, 0.5) is 8.78 Å². The number of nitrogens with one attached hydrogen (secondary N) is 2. The maximum atomic E-state index is 13.6.